The molecule has 0 aliphatic rings. The Balaban J connectivity index is 1.50. The Hall–Kier alpha value is -4.63. The molecule has 8 nitrogen and oxygen atoms in total. The lowest BCUT2D eigenvalue weighted by molar-refractivity contribution is 0.0595. The zero-order chi connectivity index (χ0) is 26.5. The summed E-state index contributed by atoms with van der Waals surface area (Å²) in [6.45, 7) is 0. The number of esters is 1. The molecule has 2 heterocycles. The van der Waals surface area contributed by atoms with Crippen LogP contribution in [0.4, 0.5) is 5.69 Å². The Kier molecular flexibility index (Phi) is 7.37. The minimum Gasteiger partial charge on any atom is -0.497 e. The van der Waals surface area contributed by atoms with Gasteiger partial charge in [-0.3, -0.25) is 0 Å². The average Bonchev–Trinajstić information content (AvgIpc) is 3.58. The third-order valence-electron chi connectivity index (χ3n) is 6.09. The molecule has 0 spiro atoms. The van der Waals surface area contributed by atoms with E-state index in [2.05, 4.69) is 20.6 Å². The molecule has 3 N–H and O–H groups in total. The molecule has 38 heavy (non-hydrogen) atoms. The molecular formula is C29H26N4O4S. The molecule has 0 radical (unpaired) electrons. The van der Waals surface area contributed by atoms with E-state index in [0.29, 0.717) is 23.2 Å². The maximum Gasteiger partial charge on any atom is 0.360 e. The van der Waals surface area contributed by atoms with E-state index in [0.717, 1.165) is 33.5 Å². The lowest BCUT2D eigenvalue weighted by Gasteiger charge is -2.19. The number of carbonyl (C=O) groups excluding carboxylic acids is 1. The van der Waals surface area contributed by atoms with Crippen molar-refractivity contribution in [2.24, 2.45) is 0 Å². The molecule has 9 heteroatoms. The number of hydrogen-bond donors (Lipinski definition) is 3. The Morgan fingerprint density at radius 3 is 2.50 bits per heavy atom. The third kappa shape index (κ3) is 5.37. The highest BCUT2D eigenvalue weighted by atomic mass is 32.1. The number of para-hydroxylation sites is 1. The lowest BCUT2D eigenvalue weighted by atomic mass is 10.1. The number of H-pyrrole nitrogens is 1. The van der Waals surface area contributed by atoms with E-state index in [1.54, 1.807) is 13.3 Å². The number of fused-ring (bicyclic) bond motifs is 1. The summed E-state index contributed by atoms with van der Waals surface area (Å²) in [5.74, 6) is 0.806. The van der Waals surface area contributed by atoms with Crippen LogP contribution in [0.15, 0.2) is 89.5 Å². The molecule has 0 amide bonds. The van der Waals surface area contributed by atoms with E-state index >= 15 is 0 Å². The largest absolute Gasteiger partial charge is 0.497 e. The lowest BCUT2D eigenvalue weighted by Crippen LogP contribution is -2.33. The molecule has 5 aromatic rings. The normalized spacial score (nSPS) is 11.6. The summed E-state index contributed by atoms with van der Waals surface area (Å²) >= 11 is 5.63. The van der Waals surface area contributed by atoms with Crippen molar-refractivity contribution in [1.29, 1.82) is 0 Å². The first kappa shape index (κ1) is 25.0. The van der Waals surface area contributed by atoms with Gasteiger partial charge in [-0.2, -0.15) is 0 Å². The Morgan fingerprint density at radius 2 is 1.76 bits per heavy atom. The smallest absolute Gasteiger partial charge is 0.360 e. The number of carbonyl (C=O) groups is 1. The number of thiocarbonyl (C=S) groups is 1. The molecule has 0 saturated heterocycles. The number of ether oxygens (including phenoxy) is 2. The van der Waals surface area contributed by atoms with Gasteiger partial charge in [0.05, 0.1) is 14.2 Å². The van der Waals surface area contributed by atoms with Gasteiger partial charge >= 0.3 is 5.97 Å². The predicted molar refractivity (Wildman–Crippen MR) is 150 cm³/mol. The van der Waals surface area contributed by atoms with E-state index in [4.69, 9.17) is 26.1 Å². The minimum absolute atomic E-state index is 0.0983. The van der Waals surface area contributed by atoms with Gasteiger partial charge in [-0.1, -0.05) is 48.5 Å². The maximum absolute atomic E-state index is 12.8. The Bertz CT molecular complexity index is 1560. The van der Waals surface area contributed by atoms with Crippen LogP contribution >= 0.6 is 12.2 Å². The molecule has 0 aliphatic heterocycles. The summed E-state index contributed by atoms with van der Waals surface area (Å²) in [7, 11) is 2.94. The van der Waals surface area contributed by atoms with Crippen LogP contribution in [0, 0.1) is 0 Å². The second-order valence-electron chi connectivity index (χ2n) is 8.54. The fraction of sp³-hybridized carbons (Fsp3) is 0.138. The molecule has 0 fully saturated rings. The van der Waals surface area contributed by atoms with Gasteiger partial charge in [0.15, 0.2) is 16.6 Å². The second kappa shape index (κ2) is 11.2. The van der Waals surface area contributed by atoms with Crippen molar-refractivity contribution < 1.29 is 18.7 Å². The number of hydrogen-bond acceptors (Lipinski definition) is 6. The second-order valence-corrected chi connectivity index (χ2v) is 8.95. The van der Waals surface area contributed by atoms with Gasteiger partial charge in [-0.25, -0.2) is 9.78 Å². The number of nitrogens with zero attached hydrogens (tertiary/aromatic N) is 1. The average molecular weight is 527 g/mol. The van der Waals surface area contributed by atoms with Crippen LogP contribution < -0.4 is 15.4 Å². The van der Waals surface area contributed by atoms with Gasteiger partial charge in [0.1, 0.15) is 11.8 Å². The summed E-state index contributed by atoms with van der Waals surface area (Å²) < 4.78 is 16.6. The highest BCUT2D eigenvalue weighted by molar-refractivity contribution is 7.80. The first-order valence-electron chi connectivity index (χ1n) is 12.0. The van der Waals surface area contributed by atoms with Crippen molar-refractivity contribution in [2.75, 3.05) is 19.5 Å². The van der Waals surface area contributed by atoms with Gasteiger partial charge in [0.25, 0.3) is 0 Å². The van der Waals surface area contributed by atoms with E-state index < -0.39 is 12.0 Å². The molecule has 1 atom stereocenters. The van der Waals surface area contributed by atoms with Gasteiger partial charge in [0.2, 0.25) is 5.89 Å². The van der Waals surface area contributed by atoms with Crippen molar-refractivity contribution in [1.82, 2.24) is 15.3 Å². The van der Waals surface area contributed by atoms with E-state index in [9.17, 15) is 4.79 Å². The van der Waals surface area contributed by atoms with Gasteiger partial charge < -0.3 is 29.5 Å². The first-order chi connectivity index (χ1) is 18.6. The number of benzene rings is 3. The molecule has 0 bridgehead atoms. The summed E-state index contributed by atoms with van der Waals surface area (Å²) in [6.07, 6.45) is 2.32. The Morgan fingerprint density at radius 1 is 1.03 bits per heavy atom. The molecule has 0 aliphatic carbocycles. The number of aromatic nitrogens is 2. The number of aromatic amines is 1. The van der Waals surface area contributed by atoms with Crippen molar-refractivity contribution in [3.05, 3.63) is 102 Å². The minimum atomic E-state index is -0.585. The van der Waals surface area contributed by atoms with Crippen LogP contribution in [-0.2, 0) is 11.2 Å². The number of nitrogens with one attached hydrogen (secondary N) is 3. The van der Waals surface area contributed by atoms with Crippen LogP contribution in [0.1, 0.15) is 28.0 Å². The number of oxazole rings is 1. The van der Waals surface area contributed by atoms with E-state index in [1.165, 1.54) is 7.11 Å². The van der Waals surface area contributed by atoms with Gasteiger partial charge in [-0.15, -0.1) is 0 Å². The summed E-state index contributed by atoms with van der Waals surface area (Å²) in [5, 5.41) is 7.78. The fourth-order valence-electron chi connectivity index (χ4n) is 4.21. The molecule has 5 rings (SSSR count). The standard InChI is InChI=1S/C29H26N4O4S/c1-35-20-14-12-19(13-15-20)31-29(38)32-24(16-18-8-4-3-5-9-18)27-33-25(28(34)36-2)26(37-27)22-17-30-23-11-7-6-10-21(22)23/h3-15,17,24,30H,16H2,1-2H3,(H2,31,32,38)/t24-/m0/s1. The van der Waals surface area contributed by atoms with Crippen molar-refractivity contribution in [2.45, 2.75) is 12.5 Å². The van der Waals surface area contributed by atoms with Gasteiger partial charge in [-0.05, 0) is 48.1 Å². The first-order valence-corrected chi connectivity index (χ1v) is 12.4. The number of methoxy groups -OCH3 is 2. The van der Waals surface area contributed by atoms with Crippen LogP contribution in [0.3, 0.4) is 0 Å². The number of anilines is 1. The van der Waals surface area contributed by atoms with Gasteiger partial charge in [0, 0.05) is 34.8 Å². The van der Waals surface area contributed by atoms with Crippen LogP contribution in [-0.4, -0.2) is 35.3 Å². The van der Waals surface area contributed by atoms with Crippen molar-refractivity contribution in [3.63, 3.8) is 0 Å². The van der Waals surface area contributed by atoms with E-state index in [-0.39, 0.29) is 5.69 Å². The Labute approximate surface area is 225 Å². The quantitative estimate of drug-likeness (QED) is 0.170. The zero-order valence-corrected chi connectivity index (χ0v) is 21.7. The molecule has 0 unspecified atom stereocenters. The van der Waals surface area contributed by atoms with Crippen LogP contribution in [0.25, 0.3) is 22.2 Å². The predicted octanol–water partition coefficient (Wildman–Crippen LogP) is 5.89. The van der Waals surface area contributed by atoms with Crippen LogP contribution in [0.5, 0.6) is 5.75 Å². The zero-order valence-electron chi connectivity index (χ0n) is 20.9. The van der Waals surface area contributed by atoms with Crippen molar-refractivity contribution >= 4 is 39.9 Å². The van der Waals surface area contributed by atoms with E-state index in [1.807, 2.05) is 78.9 Å². The number of rotatable bonds is 8. The SMILES string of the molecule is COC(=O)c1nc([C@H](Cc2ccccc2)NC(=S)Nc2ccc(OC)cc2)oc1-c1c[nH]c2ccccc12. The molecule has 192 valence electrons. The molecule has 2 aromatic heterocycles. The molecule has 3 aromatic carbocycles. The molecule has 0 saturated carbocycles. The van der Waals surface area contributed by atoms with Crippen LogP contribution in [0.2, 0.25) is 0 Å². The molecular weight excluding hydrogens is 500 g/mol. The monoisotopic (exact) mass is 526 g/mol. The fourth-order valence-corrected chi connectivity index (χ4v) is 4.47. The highest BCUT2D eigenvalue weighted by Crippen LogP contribution is 2.34. The van der Waals surface area contributed by atoms with Crippen molar-refractivity contribution in [3.8, 4) is 17.1 Å². The maximum atomic E-state index is 12.8. The highest BCUT2D eigenvalue weighted by Gasteiger charge is 2.28. The topological polar surface area (TPSA) is 101 Å². The summed E-state index contributed by atoms with van der Waals surface area (Å²) in [6, 6.07) is 24.6. The summed E-state index contributed by atoms with van der Waals surface area (Å²) in [4.78, 5) is 20.6. The third-order valence-corrected chi connectivity index (χ3v) is 6.31. The summed E-state index contributed by atoms with van der Waals surface area (Å²) in [5.41, 5.74) is 3.57.